The van der Waals surface area contributed by atoms with Crippen molar-refractivity contribution in [3.05, 3.63) is 24.2 Å². The van der Waals surface area contributed by atoms with Crippen LogP contribution >= 0.6 is 24.0 Å². The van der Waals surface area contributed by atoms with Gasteiger partial charge < -0.3 is 19.4 Å². The topological polar surface area (TPSA) is 50.0 Å². The summed E-state index contributed by atoms with van der Waals surface area (Å²) in [6, 6.07) is 4.47. The van der Waals surface area contributed by atoms with Crippen molar-refractivity contribution in [3.8, 4) is 0 Å². The standard InChI is InChI=1S/C19H29N3O2.HI/c1-2-18(24-11-1)5-9-20-19(21-17-7-12-23-13-8-17)22-10-6-16(14-22)15-3-4-15;/h1-2,11,15-17H,3-10,12-14H2,(H,20,21);1H. The zero-order valence-electron chi connectivity index (χ0n) is 14.9. The Morgan fingerprint density at radius 3 is 2.72 bits per heavy atom. The summed E-state index contributed by atoms with van der Waals surface area (Å²) >= 11 is 0. The van der Waals surface area contributed by atoms with Gasteiger partial charge in [-0.25, -0.2) is 0 Å². The molecule has 0 aromatic carbocycles. The molecule has 0 spiro atoms. The summed E-state index contributed by atoms with van der Waals surface area (Å²) in [5.74, 6) is 4.00. The third-order valence-electron chi connectivity index (χ3n) is 5.57. The molecule has 1 saturated carbocycles. The fraction of sp³-hybridized carbons (Fsp3) is 0.737. The van der Waals surface area contributed by atoms with E-state index < -0.39 is 0 Å². The highest BCUT2D eigenvalue weighted by Crippen LogP contribution is 2.41. The summed E-state index contributed by atoms with van der Waals surface area (Å²) in [4.78, 5) is 7.41. The fourth-order valence-corrected chi connectivity index (χ4v) is 3.92. The predicted octanol–water partition coefficient (Wildman–Crippen LogP) is 3.30. The first-order chi connectivity index (χ1) is 11.9. The van der Waals surface area contributed by atoms with Gasteiger partial charge >= 0.3 is 0 Å². The molecule has 1 atom stereocenters. The summed E-state index contributed by atoms with van der Waals surface area (Å²) in [5, 5.41) is 3.72. The number of aliphatic imine (C=N–C) groups is 1. The smallest absolute Gasteiger partial charge is 0.194 e. The van der Waals surface area contributed by atoms with Gasteiger partial charge in [0.25, 0.3) is 0 Å². The molecule has 3 heterocycles. The molecule has 1 aliphatic carbocycles. The number of hydrogen-bond acceptors (Lipinski definition) is 3. The molecular formula is C19H30IN3O2. The van der Waals surface area contributed by atoms with Crippen LogP contribution in [0.5, 0.6) is 0 Å². The number of halogens is 1. The SMILES string of the molecule is I.c1coc(CCN=C(NC2CCOCC2)N2CCC(C3CC3)C2)c1. The van der Waals surface area contributed by atoms with Gasteiger partial charge in [0.1, 0.15) is 5.76 Å². The van der Waals surface area contributed by atoms with E-state index in [-0.39, 0.29) is 24.0 Å². The summed E-state index contributed by atoms with van der Waals surface area (Å²) < 4.78 is 10.9. The van der Waals surface area contributed by atoms with Crippen molar-refractivity contribution in [1.82, 2.24) is 10.2 Å². The van der Waals surface area contributed by atoms with Gasteiger partial charge in [-0.1, -0.05) is 0 Å². The summed E-state index contributed by atoms with van der Waals surface area (Å²) in [5.41, 5.74) is 0. The molecule has 1 unspecified atom stereocenters. The highest BCUT2D eigenvalue weighted by Gasteiger charge is 2.37. The van der Waals surface area contributed by atoms with E-state index in [0.29, 0.717) is 6.04 Å². The van der Waals surface area contributed by atoms with Crippen LogP contribution in [-0.4, -0.2) is 49.7 Å². The molecule has 0 amide bonds. The average Bonchev–Trinajstić information content (AvgIpc) is 3.11. The first-order valence-electron chi connectivity index (χ1n) is 9.54. The Morgan fingerprint density at radius 2 is 2.00 bits per heavy atom. The summed E-state index contributed by atoms with van der Waals surface area (Å²) in [6.45, 7) is 4.84. The molecule has 1 aromatic heterocycles. The Hall–Kier alpha value is -0.760. The Labute approximate surface area is 167 Å². The normalized spacial score (nSPS) is 25.0. The van der Waals surface area contributed by atoms with Crippen LogP contribution in [0.1, 0.15) is 37.9 Å². The maximum absolute atomic E-state index is 5.49. The summed E-state index contributed by atoms with van der Waals surface area (Å²) in [6.07, 6.45) is 8.98. The zero-order chi connectivity index (χ0) is 16.2. The van der Waals surface area contributed by atoms with Crippen molar-refractivity contribution < 1.29 is 9.15 Å². The quantitative estimate of drug-likeness (QED) is 0.417. The maximum atomic E-state index is 5.49. The molecule has 2 saturated heterocycles. The average molecular weight is 459 g/mol. The highest BCUT2D eigenvalue weighted by molar-refractivity contribution is 14.0. The first kappa shape index (κ1) is 19.0. The lowest BCUT2D eigenvalue weighted by atomic mass is 10.0. The predicted molar refractivity (Wildman–Crippen MR) is 110 cm³/mol. The van der Waals surface area contributed by atoms with Gasteiger partial charge in [-0.15, -0.1) is 24.0 Å². The van der Waals surface area contributed by atoms with Crippen molar-refractivity contribution in [2.24, 2.45) is 16.8 Å². The molecule has 3 aliphatic rings. The lowest BCUT2D eigenvalue weighted by Gasteiger charge is -2.29. The van der Waals surface area contributed by atoms with Crippen LogP contribution in [0, 0.1) is 11.8 Å². The molecule has 0 radical (unpaired) electrons. The second-order valence-corrected chi connectivity index (χ2v) is 7.40. The van der Waals surface area contributed by atoms with E-state index in [4.69, 9.17) is 14.1 Å². The van der Waals surface area contributed by atoms with Gasteiger partial charge in [0.2, 0.25) is 0 Å². The van der Waals surface area contributed by atoms with E-state index in [1.807, 2.05) is 12.1 Å². The van der Waals surface area contributed by atoms with Gasteiger partial charge in [-0.3, -0.25) is 4.99 Å². The van der Waals surface area contributed by atoms with Gasteiger partial charge in [-0.2, -0.15) is 0 Å². The first-order valence-corrected chi connectivity index (χ1v) is 9.54. The molecule has 6 heteroatoms. The minimum absolute atomic E-state index is 0. The van der Waals surface area contributed by atoms with E-state index in [9.17, 15) is 0 Å². The Balaban J connectivity index is 0.00000182. The largest absolute Gasteiger partial charge is 0.469 e. The van der Waals surface area contributed by atoms with Crippen LogP contribution in [-0.2, 0) is 11.2 Å². The molecule has 2 aliphatic heterocycles. The van der Waals surface area contributed by atoms with E-state index in [1.54, 1.807) is 6.26 Å². The van der Waals surface area contributed by atoms with E-state index in [1.165, 1.54) is 25.8 Å². The van der Waals surface area contributed by atoms with Crippen LogP contribution in [0.2, 0.25) is 0 Å². The number of likely N-dealkylation sites (tertiary alicyclic amines) is 1. The Morgan fingerprint density at radius 1 is 1.16 bits per heavy atom. The zero-order valence-corrected chi connectivity index (χ0v) is 17.2. The number of rotatable bonds is 5. The second-order valence-electron chi connectivity index (χ2n) is 7.40. The van der Waals surface area contributed by atoms with Gasteiger partial charge in [0, 0.05) is 45.3 Å². The van der Waals surface area contributed by atoms with E-state index >= 15 is 0 Å². The molecule has 1 aromatic rings. The van der Waals surface area contributed by atoms with Crippen LogP contribution in [0.4, 0.5) is 0 Å². The Bertz CT molecular complexity index is 539. The van der Waals surface area contributed by atoms with Crippen molar-refractivity contribution in [1.29, 1.82) is 0 Å². The monoisotopic (exact) mass is 459 g/mol. The molecular weight excluding hydrogens is 429 g/mol. The summed E-state index contributed by atoms with van der Waals surface area (Å²) in [7, 11) is 0. The molecule has 0 bridgehead atoms. The van der Waals surface area contributed by atoms with Crippen LogP contribution in [0.15, 0.2) is 27.8 Å². The maximum Gasteiger partial charge on any atom is 0.194 e. The molecule has 3 fully saturated rings. The molecule has 1 N–H and O–H groups in total. The molecule has 4 rings (SSSR count). The van der Waals surface area contributed by atoms with Crippen LogP contribution in [0.3, 0.4) is 0 Å². The third-order valence-corrected chi connectivity index (χ3v) is 5.57. The van der Waals surface area contributed by atoms with Gasteiger partial charge in [0.05, 0.1) is 6.26 Å². The number of furan rings is 1. The molecule has 140 valence electrons. The van der Waals surface area contributed by atoms with Crippen molar-refractivity contribution in [3.63, 3.8) is 0 Å². The molecule has 5 nitrogen and oxygen atoms in total. The second kappa shape index (κ2) is 9.26. The highest BCUT2D eigenvalue weighted by atomic mass is 127. The van der Waals surface area contributed by atoms with E-state index in [2.05, 4.69) is 10.2 Å². The number of guanidine groups is 1. The van der Waals surface area contributed by atoms with Crippen LogP contribution < -0.4 is 5.32 Å². The van der Waals surface area contributed by atoms with Crippen LogP contribution in [0.25, 0.3) is 0 Å². The minimum Gasteiger partial charge on any atom is -0.469 e. The fourth-order valence-electron chi connectivity index (χ4n) is 3.92. The van der Waals surface area contributed by atoms with Gasteiger partial charge in [-0.05, 0) is 56.1 Å². The minimum atomic E-state index is 0. The lowest BCUT2D eigenvalue weighted by molar-refractivity contribution is 0.0816. The van der Waals surface area contributed by atoms with Gasteiger partial charge in [0.15, 0.2) is 5.96 Å². The Kier molecular flexibility index (Phi) is 7.04. The lowest BCUT2D eigenvalue weighted by Crippen LogP contribution is -2.47. The number of ether oxygens (including phenoxy) is 1. The number of nitrogens with zero attached hydrogens (tertiary/aromatic N) is 2. The van der Waals surface area contributed by atoms with Crippen molar-refractivity contribution in [2.75, 3.05) is 32.8 Å². The van der Waals surface area contributed by atoms with Crippen molar-refractivity contribution >= 4 is 29.9 Å². The number of hydrogen-bond donors (Lipinski definition) is 1. The molecule has 25 heavy (non-hydrogen) atoms. The number of nitrogens with one attached hydrogen (secondary N) is 1. The third kappa shape index (κ3) is 5.36. The van der Waals surface area contributed by atoms with E-state index in [0.717, 1.165) is 69.1 Å². The van der Waals surface area contributed by atoms with Crippen molar-refractivity contribution in [2.45, 2.75) is 44.6 Å².